The molecule has 0 spiro atoms. The standard InChI is InChI=1S/C23H33N3O3S.HI/c1-17-7-10-19(21(15-17)29-23(2,3)4)16-26-22(24-5)25-14-13-18-8-11-20(12-9-18)30(6,27)28;/h7-12,15H,13-14,16H2,1-6H3,(H2,24,25,26);1H. The zero-order chi connectivity index (χ0) is 22.4. The quantitative estimate of drug-likeness (QED) is 0.304. The second kappa shape index (κ2) is 11.7. The average molecular weight is 560 g/mol. The fraction of sp³-hybridized carbons (Fsp3) is 0.435. The summed E-state index contributed by atoms with van der Waals surface area (Å²) in [7, 11) is -1.43. The van der Waals surface area contributed by atoms with Crippen molar-refractivity contribution in [1.29, 1.82) is 0 Å². The highest BCUT2D eigenvalue weighted by atomic mass is 127. The van der Waals surface area contributed by atoms with E-state index in [0.717, 1.165) is 28.9 Å². The number of nitrogens with zero attached hydrogens (tertiary/aromatic N) is 1. The van der Waals surface area contributed by atoms with Crippen LogP contribution in [0.1, 0.15) is 37.5 Å². The first-order chi connectivity index (χ1) is 14.0. The van der Waals surface area contributed by atoms with Crippen LogP contribution in [0.2, 0.25) is 0 Å². The van der Waals surface area contributed by atoms with Crippen molar-refractivity contribution in [1.82, 2.24) is 10.6 Å². The van der Waals surface area contributed by atoms with Gasteiger partial charge in [-0.3, -0.25) is 4.99 Å². The number of nitrogens with one attached hydrogen (secondary N) is 2. The van der Waals surface area contributed by atoms with E-state index in [1.165, 1.54) is 6.26 Å². The Morgan fingerprint density at radius 1 is 1.06 bits per heavy atom. The van der Waals surface area contributed by atoms with Crippen LogP contribution in [0.4, 0.5) is 0 Å². The molecular formula is C23H34IN3O3S. The Morgan fingerprint density at radius 3 is 2.26 bits per heavy atom. The fourth-order valence-electron chi connectivity index (χ4n) is 2.86. The van der Waals surface area contributed by atoms with Gasteiger partial charge in [0.25, 0.3) is 0 Å². The molecule has 0 saturated heterocycles. The molecule has 172 valence electrons. The van der Waals surface area contributed by atoms with Crippen molar-refractivity contribution in [2.24, 2.45) is 4.99 Å². The van der Waals surface area contributed by atoms with Crippen molar-refractivity contribution in [2.75, 3.05) is 19.8 Å². The van der Waals surface area contributed by atoms with Crippen LogP contribution >= 0.6 is 24.0 Å². The van der Waals surface area contributed by atoms with Gasteiger partial charge < -0.3 is 15.4 Å². The molecule has 0 aromatic heterocycles. The summed E-state index contributed by atoms with van der Waals surface area (Å²) in [4.78, 5) is 4.61. The van der Waals surface area contributed by atoms with Gasteiger partial charge in [0.2, 0.25) is 0 Å². The third-order valence-corrected chi connectivity index (χ3v) is 5.49. The highest BCUT2D eigenvalue weighted by molar-refractivity contribution is 14.0. The number of aryl methyl sites for hydroxylation is 1. The topological polar surface area (TPSA) is 79.8 Å². The third-order valence-electron chi connectivity index (χ3n) is 4.37. The van der Waals surface area contributed by atoms with Crippen molar-refractivity contribution < 1.29 is 13.2 Å². The van der Waals surface area contributed by atoms with E-state index in [9.17, 15) is 8.42 Å². The van der Waals surface area contributed by atoms with Crippen LogP contribution in [0.25, 0.3) is 0 Å². The first-order valence-electron chi connectivity index (χ1n) is 10.00. The minimum atomic E-state index is -3.16. The van der Waals surface area contributed by atoms with Crippen molar-refractivity contribution in [3.63, 3.8) is 0 Å². The van der Waals surface area contributed by atoms with Crippen LogP contribution in [0.5, 0.6) is 5.75 Å². The van der Waals surface area contributed by atoms with Gasteiger partial charge in [-0.2, -0.15) is 0 Å². The van der Waals surface area contributed by atoms with Crippen LogP contribution in [0.3, 0.4) is 0 Å². The normalized spacial score (nSPS) is 12.1. The molecule has 2 rings (SSSR count). The Bertz CT molecular complexity index is 982. The molecule has 31 heavy (non-hydrogen) atoms. The summed E-state index contributed by atoms with van der Waals surface area (Å²) in [6.07, 6.45) is 1.97. The predicted molar refractivity (Wildman–Crippen MR) is 138 cm³/mol. The first-order valence-corrected chi connectivity index (χ1v) is 11.9. The van der Waals surface area contributed by atoms with Gasteiger partial charge in [-0.15, -0.1) is 24.0 Å². The molecule has 0 heterocycles. The second-order valence-electron chi connectivity index (χ2n) is 8.34. The van der Waals surface area contributed by atoms with Gasteiger partial charge in [0, 0.05) is 32.0 Å². The van der Waals surface area contributed by atoms with Crippen LogP contribution in [0, 0.1) is 6.92 Å². The molecule has 0 unspecified atom stereocenters. The molecule has 2 N–H and O–H groups in total. The van der Waals surface area contributed by atoms with Crippen LogP contribution in [0.15, 0.2) is 52.4 Å². The molecule has 0 aliphatic rings. The van der Waals surface area contributed by atoms with Crippen molar-refractivity contribution in [3.05, 3.63) is 59.2 Å². The maximum absolute atomic E-state index is 11.5. The number of sulfone groups is 1. The molecule has 8 heteroatoms. The molecule has 2 aromatic rings. The first kappa shape index (κ1) is 27.2. The Hall–Kier alpha value is -1.81. The molecule has 0 aliphatic carbocycles. The molecule has 0 radical (unpaired) electrons. The fourth-order valence-corrected chi connectivity index (χ4v) is 3.49. The lowest BCUT2D eigenvalue weighted by Gasteiger charge is -2.24. The van der Waals surface area contributed by atoms with E-state index in [-0.39, 0.29) is 29.6 Å². The SMILES string of the molecule is CN=C(NCCc1ccc(S(C)(=O)=O)cc1)NCc1ccc(C)cc1OC(C)(C)C.I. The summed E-state index contributed by atoms with van der Waals surface area (Å²) in [6.45, 7) is 9.43. The van der Waals surface area contributed by atoms with Gasteiger partial charge in [-0.05, 0) is 63.4 Å². The molecule has 0 amide bonds. The van der Waals surface area contributed by atoms with E-state index in [4.69, 9.17) is 4.74 Å². The highest BCUT2D eigenvalue weighted by Crippen LogP contribution is 2.24. The maximum atomic E-state index is 11.5. The zero-order valence-corrected chi connectivity index (χ0v) is 22.3. The van der Waals surface area contributed by atoms with E-state index >= 15 is 0 Å². The van der Waals surface area contributed by atoms with E-state index in [1.54, 1.807) is 19.2 Å². The molecule has 0 fully saturated rings. The third kappa shape index (κ3) is 9.47. The monoisotopic (exact) mass is 559 g/mol. The minimum Gasteiger partial charge on any atom is -0.488 e. The van der Waals surface area contributed by atoms with Crippen molar-refractivity contribution >= 4 is 39.8 Å². The number of rotatable bonds is 7. The lowest BCUT2D eigenvalue weighted by Crippen LogP contribution is -2.38. The molecule has 2 aromatic carbocycles. The Morgan fingerprint density at radius 2 is 1.71 bits per heavy atom. The lowest BCUT2D eigenvalue weighted by atomic mass is 10.1. The van der Waals surface area contributed by atoms with Gasteiger partial charge in [0.15, 0.2) is 15.8 Å². The van der Waals surface area contributed by atoms with Crippen LogP contribution < -0.4 is 15.4 Å². The molecule has 0 saturated carbocycles. The summed E-state index contributed by atoms with van der Waals surface area (Å²) in [5, 5.41) is 6.62. The number of halogens is 1. The summed E-state index contributed by atoms with van der Waals surface area (Å²) in [5.41, 5.74) is 3.01. The van der Waals surface area contributed by atoms with Gasteiger partial charge in [-0.25, -0.2) is 8.42 Å². The minimum absolute atomic E-state index is 0. The van der Waals surface area contributed by atoms with Gasteiger partial charge >= 0.3 is 0 Å². The number of aliphatic imine (C=N–C) groups is 1. The molecule has 0 atom stereocenters. The van der Waals surface area contributed by atoms with Crippen molar-refractivity contribution in [3.8, 4) is 5.75 Å². The van der Waals surface area contributed by atoms with E-state index in [0.29, 0.717) is 23.9 Å². The lowest BCUT2D eigenvalue weighted by molar-refractivity contribution is 0.129. The van der Waals surface area contributed by atoms with E-state index < -0.39 is 9.84 Å². The number of guanidine groups is 1. The van der Waals surface area contributed by atoms with Gasteiger partial charge in [-0.1, -0.05) is 24.3 Å². The molecule has 6 nitrogen and oxygen atoms in total. The zero-order valence-electron chi connectivity index (χ0n) is 19.2. The summed E-state index contributed by atoms with van der Waals surface area (Å²) in [6, 6.07) is 13.2. The van der Waals surface area contributed by atoms with Gasteiger partial charge in [0.05, 0.1) is 4.90 Å². The Labute approximate surface area is 203 Å². The van der Waals surface area contributed by atoms with E-state index in [2.05, 4.69) is 40.7 Å². The summed E-state index contributed by atoms with van der Waals surface area (Å²) >= 11 is 0. The van der Waals surface area contributed by atoms with Gasteiger partial charge in [0.1, 0.15) is 11.4 Å². The smallest absolute Gasteiger partial charge is 0.191 e. The van der Waals surface area contributed by atoms with Crippen molar-refractivity contribution in [2.45, 2.75) is 51.2 Å². The van der Waals surface area contributed by atoms with E-state index in [1.807, 2.05) is 32.9 Å². The van der Waals surface area contributed by atoms with Crippen LogP contribution in [-0.2, 0) is 22.8 Å². The molecular weight excluding hydrogens is 525 g/mol. The molecule has 0 bridgehead atoms. The Kier molecular flexibility index (Phi) is 10.3. The molecule has 0 aliphatic heterocycles. The highest BCUT2D eigenvalue weighted by Gasteiger charge is 2.15. The number of ether oxygens (including phenoxy) is 1. The average Bonchev–Trinajstić information content (AvgIpc) is 2.64. The second-order valence-corrected chi connectivity index (χ2v) is 10.4. The Balaban J connectivity index is 0.00000480. The maximum Gasteiger partial charge on any atom is 0.191 e. The van der Waals surface area contributed by atoms with Crippen LogP contribution in [-0.4, -0.2) is 39.8 Å². The number of hydrogen-bond donors (Lipinski definition) is 2. The summed E-state index contributed by atoms with van der Waals surface area (Å²) in [5.74, 6) is 1.57. The largest absolute Gasteiger partial charge is 0.488 e. The summed E-state index contributed by atoms with van der Waals surface area (Å²) < 4.78 is 29.2. The number of hydrogen-bond acceptors (Lipinski definition) is 4. The number of benzene rings is 2. The predicted octanol–water partition coefficient (Wildman–Crippen LogP) is 4.10.